The average molecular weight is 363 g/mol. The molecule has 0 aliphatic carbocycles. The van der Waals surface area contributed by atoms with Crippen LogP contribution in [0.5, 0.6) is 0 Å². The number of nitrogens with one attached hydrogen (secondary N) is 1. The number of pyridine rings is 1. The van der Waals surface area contributed by atoms with Crippen LogP contribution in [0, 0.1) is 0 Å². The van der Waals surface area contributed by atoms with Crippen molar-refractivity contribution in [3.05, 3.63) is 48.8 Å². The fourth-order valence-electron chi connectivity index (χ4n) is 2.93. The number of nitrogens with zero attached hydrogens (tertiary/aromatic N) is 2. The van der Waals surface area contributed by atoms with E-state index in [0.717, 1.165) is 11.6 Å². The molecule has 1 unspecified atom stereocenters. The molecule has 1 N–H and O–H groups in total. The van der Waals surface area contributed by atoms with E-state index in [0.29, 0.717) is 36.7 Å². The summed E-state index contributed by atoms with van der Waals surface area (Å²) < 4.78 is 36.9. The number of aromatic nitrogens is 1. The van der Waals surface area contributed by atoms with E-state index in [4.69, 9.17) is 0 Å². The maximum absolute atomic E-state index is 12.6. The van der Waals surface area contributed by atoms with Gasteiger partial charge >= 0.3 is 6.18 Å². The SMILES string of the molecule is O=C(Nc1cccc2cccnc12)C1CCCN1C=CC(=O)C(F)(F)F. The summed E-state index contributed by atoms with van der Waals surface area (Å²) in [4.78, 5) is 29.3. The zero-order chi connectivity index (χ0) is 18.7. The predicted molar refractivity (Wildman–Crippen MR) is 90.3 cm³/mol. The molecular formula is C18H16F3N3O2. The van der Waals surface area contributed by atoms with Gasteiger partial charge in [-0.25, -0.2) is 0 Å². The Hall–Kier alpha value is -2.90. The molecular weight excluding hydrogens is 347 g/mol. The van der Waals surface area contributed by atoms with Crippen molar-refractivity contribution < 1.29 is 22.8 Å². The number of likely N-dealkylation sites (tertiary alicyclic amines) is 1. The molecule has 5 nitrogen and oxygen atoms in total. The van der Waals surface area contributed by atoms with Crippen molar-refractivity contribution in [1.29, 1.82) is 0 Å². The molecule has 0 spiro atoms. The minimum Gasteiger partial charge on any atom is -0.365 e. The first-order valence-electron chi connectivity index (χ1n) is 8.06. The lowest BCUT2D eigenvalue weighted by Crippen LogP contribution is -2.37. The molecule has 0 radical (unpaired) electrons. The van der Waals surface area contributed by atoms with E-state index in [-0.39, 0.29) is 5.91 Å². The number of ketones is 1. The van der Waals surface area contributed by atoms with Gasteiger partial charge in [-0.2, -0.15) is 13.2 Å². The molecule has 136 valence electrons. The molecule has 1 aromatic carbocycles. The van der Waals surface area contributed by atoms with Crippen LogP contribution in [0.25, 0.3) is 10.9 Å². The van der Waals surface area contributed by atoms with E-state index in [1.165, 1.54) is 4.90 Å². The third-order valence-electron chi connectivity index (χ3n) is 4.18. The lowest BCUT2D eigenvalue weighted by Gasteiger charge is -2.22. The average Bonchev–Trinajstić information content (AvgIpc) is 3.08. The zero-order valence-electron chi connectivity index (χ0n) is 13.7. The van der Waals surface area contributed by atoms with Gasteiger partial charge < -0.3 is 10.2 Å². The summed E-state index contributed by atoms with van der Waals surface area (Å²) in [6, 6.07) is 8.39. The highest BCUT2D eigenvalue weighted by Crippen LogP contribution is 2.24. The van der Waals surface area contributed by atoms with Crippen LogP contribution in [-0.4, -0.2) is 40.3 Å². The summed E-state index contributed by atoms with van der Waals surface area (Å²) in [6.45, 7) is 0.410. The number of amides is 1. The minimum atomic E-state index is -4.91. The molecule has 1 amide bonds. The smallest absolute Gasteiger partial charge is 0.365 e. The van der Waals surface area contributed by atoms with Crippen LogP contribution >= 0.6 is 0 Å². The van der Waals surface area contributed by atoms with E-state index in [2.05, 4.69) is 10.3 Å². The molecule has 0 bridgehead atoms. The van der Waals surface area contributed by atoms with Gasteiger partial charge in [0.2, 0.25) is 5.91 Å². The fraction of sp³-hybridized carbons (Fsp3) is 0.278. The zero-order valence-corrected chi connectivity index (χ0v) is 13.7. The second kappa shape index (κ2) is 7.15. The number of fused-ring (bicyclic) bond motifs is 1. The second-order valence-electron chi connectivity index (χ2n) is 5.94. The number of anilines is 1. The normalized spacial score (nSPS) is 17.8. The highest BCUT2D eigenvalue weighted by atomic mass is 19.4. The topological polar surface area (TPSA) is 62.3 Å². The first-order chi connectivity index (χ1) is 12.4. The van der Waals surface area contributed by atoms with Gasteiger partial charge in [-0.3, -0.25) is 14.6 Å². The van der Waals surface area contributed by atoms with E-state index in [1.807, 2.05) is 12.1 Å². The summed E-state index contributed by atoms with van der Waals surface area (Å²) >= 11 is 0. The summed E-state index contributed by atoms with van der Waals surface area (Å²) in [5, 5.41) is 3.66. The van der Waals surface area contributed by atoms with Crippen LogP contribution in [0.15, 0.2) is 48.8 Å². The monoisotopic (exact) mass is 363 g/mol. The first-order valence-corrected chi connectivity index (χ1v) is 8.06. The Labute approximate surface area is 147 Å². The number of carbonyl (C=O) groups is 2. The van der Waals surface area contributed by atoms with E-state index in [9.17, 15) is 22.8 Å². The Bertz CT molecular complexity index is 859. The number of hydrogen-bond donors (Lipinski definition) is 1. The van der Waals surface area contributed by atoms with Crippen LogP contribution in [0.2, 0.25) is 0 Å². The lowest BCUT2D eigenvalue weighted by atomic mass is 10.1. The molecule has 1 aromatic heterocycles. The molecule has 1 aliphatic rings. The van der Waals surface area contributed by atoms with Gasteiger partial charge in [0.05, 0.1) is 11.2 Å². The number of benzene rings is 1. The highest BCUT2D eigenvalue weighted by molar-refractivity contribution is 6.02. The molecule has 2 aromatic rings. The van der Waals surface area contributed by atoms with Crippen LogP contribution in [0.4, 0.5) is 18.9 Å². The summed E-state index contributed by atoms with van der Waals surface area (Å²) in [7, 11) is 0. The van der Waals surface area contributed by atoms with Crippen molar-refractivity contribution in [1.82, 2.24) is 9.88 Å². The highest BCUT2D eigenvalue weighted by Gasteiger charge is 2.37. The molecule has 1 atom stereocenters. The molecule has 8 heteroatoms. The Kier molecular flexibility index (Phi) is 4.92. The Morgan fingerprint density at radius 3 is 2.77 bits per heavy atom. The molecule has 26 heavy (non-hydrogen) atoms. The molecule has 3 rings (SSSR count). The molecule has 1 aliphatic heterocycles. The van der Waals surface area contributed by atoms with Gasteiger partial charge in [0.1, 0.15) is 6.04 Å². The second-order valence-corrected chi connectivity index (χ2v) is 5.94. The Morgan fingerprint density at radius 1 is 1.23 bits per heavy atom. The third kappa shape index (κ3) is 3.84. The van der Waals surface area contributed by atoms with Gasteiger partial charge in [0.25, 0.3) is 5.78 Å². The molecule has 1 saturated heterocycles. The largest absolute Gasteiger partial charge is 0.454 e. The number of alkyl halides is 3. The van der Waals surface area contributed by atoms with Crippen molar-refractivity contribution in [2.24, 2.45) is 0 Å². The van der Waals surface area contributed by atoms with Gasteiger partial charge in [0.15, 0.2) is 0 Å². The van der Waals surface area contributed by atoms with Crippen molar-refractivity contribution in [3.8, 4) is 0 Å². The van der Waals surface area contributed by atoms with Gasteiger partial charge in [-0.1, -0.05) is 18.2 Å². The quantitative estimate of drug-likeness (QED) is 0.847. The Balaban J connectivity index is 1.74. The van der Waals surface area contributed by atoms with Crippen LogP contribution < -0.4 is 5.32 Å². The summed E-state index contributed by atoms with van der Waals surface area (Å²) in [5.41, 5.74) is 1.17. The van der Waals surface area contributed by atoms with Gasteiger partial charge in [-0.05, 0) is 25.0 Å². The maximum Gasteiger partial charge on any atom is 0.454 e. The van der Waals surface area contributed by atoms with Crippen molar-refractivity contribution >= 4 is 28.3 Å². The van der Waals surface area contributed by atoms with Crippen LogP contribution in [0.1, 0.15) is 12.8 Å². The van der Waals surface area contributed by atoms with Crippen molar-refractivity contribution in [2.75, 3.05) is 11.9 Å². The number of allylic oxidation sites excluding steroid dienone is 1. The summed E-state index contributed by atoms with van der Waals surface area (Å²) in [6.07, 6.45) is -0.640. The molecule has 2 heterocycles. The fourth-order valence-corrected chi connectivity index (χ4v) is 2.93. The van der Waals surface area contributed by atoms with Crippen molar-refractivity contribution in [2.45, 2.75) is 25.1 Å². The van der Waals surface area contributed by atoms with Gasteiger partial charge in [-0.15, -0.1) is 0 Å². The Morgan fingerprint density at radius 2 is 2.00 bits per heavy atom. The number of carbonyl (C=O) groups excluding carboxylic acids is 2. The molecule has 1 fully saturated rings. The minimum absolute atomic E-state index is 0.343. The van der Waals surface area contributed by atoms with Gasteiger partial charge in [0, 0.05) is 30.4 Å². The lowest BCUT2D eigenvalue weighted by molar-refractivity contribution is -0.165. The number of hydrogen-bond acceptors (Lipinski definition) is 4. The third-order valence-corrected chi connectivity index (χ3v) is 4.18. The van der Waals surface area contributed by atoms with E-state index < -0.39 is 18.0 Å². The van der Waals surface area contributed by atoms with Crippen molar-refractivity contribution in [3.63, 3.8) is 0 Å². The van der Waals surface area contributed by atoms with Crippen LogP contribution in [-0.2, 0) is 9.59 Å². The van der Waals surface area contributed by atoms with E-state index >= 15 is 0 Å². The van der Waals surface area contributed by atoms with Crippen LogP contribution in [0.3, 0.4) is 0 Å². The number of halogens is 3. The number of para-hydroxylation sites is 1. The maximum atomic E-state index is 12.6. The standard InChI is InChI=1S/C18H16F3N3O2/c19-18(20,21)15(25)8-11-24-10-3-7-14(24)17(26)23-13-6-1-4-12-5-2-9-22-16(12)13/h1-2,4-6,8-9,11,14H,3,7,10H2,(H,23,26). The number of rotatable bonds is 4. The predicted octanol–water partition coefficient (Wildman–Crippen LogP) is 3.28. The van der Waals surface area contributed by atoms with E-state index in [1.54, 1.807) is 24.4 Å². The first kappa shape index (κ1) is 17.9. The molecule has 0 saturated carbocycles. The summed E-state index contributed by atoms with van der Waals surface area (Å²) in [5.74, 6) is -2.29.